The molecule has 1 unspecified atom stereocenters. The molecule has 2 aromatic rings. The van der Waals surface area contributed by atoms with Crippen LogP contribution in [0.1, 0.15) is 19.1 Å². The average molecular weight is 338 g/mol. The summed E-state index contributed by atoms with van der Waals surface area (Å²) in [4.78, 5) is 2.15. The lowest BCUT2D eigenvalue weighted by Crippen LogP contribution is -2.21. The number of hydrogen-bond acceptors (Lipinski definition) is 3. The molecule has 0 radical (unpaired) electrons. The van der Waals surface area contributed by atoms with E-state index in [2.05, 4.69) is 20.8 Å². The molecule has 0 spiro atoms. The quantitative estimate of drug-likeness (QED) is 0.868. The van der Waals surface area contributed by atoms with Crippen molar-refractivity contribution in [3.63, 3.8) is 0 Å². The molecule has 3 nitrogen and oxygen atoms in total. The second-order valence-corrected chi connectivity index (χ2v) is 6.06. The van der Waals surface area contributed by atoms with Crippen molar-refractivity contribution in [2.45, 2.75) is 26.0 Å². The molecule has 1 aromatic heterocycles. The van der Waals surface area contributed by atoms with Gasteiger partial charge in [0.15, 0.2) is 0 Å². The molecule has 0 aliphatic rings. The van der Waals surface area contributed by atoms with Crippen molar-refractivity contribution in [3.8, 4) is 11.3 Å². The minimum atomic E-state index is -0.257. The fraction of sp³-hybridized carbons (Fsp3) is 0.375. The van der Waals surface area contributed by atoms with Crippen molar-refractivity contribution in [2.75, 3.05) is 13.6 Å². The molecule has 4 heteroatoms. The first-order valence-electron chi connectivity index (χ1n) is 6.76. The number of aliphatic hydroxyl groups is 1. The third-order valence-corrected chi connectivity index (χ3v) is 3.67. The Bertz CT molecular complexity index is 534. The van der Waals surface area contributed by atoms with Crippen molar-refractivity contribution in [1.82, 2.24) is 4.90 Å². The van der Waals surface area contributed by atoms with Gasteiger partial charge in [-0.2, -0.15) is 0 Å². The number of aliphatic hydroxyl groups excluding tert-OH is 1. The molecule has 0 saturated heterocycles. The summed E-state index contributed by atoms with van der Waals surface area (Å²) in [5.74, 6) is 1.83. The number of hydrogen-bond donors (Lipinski definition) is 1. The molecule has 2 rings (SSSR count). The predicted octanol–water partition coefficient (Wildman–Crippen LogP) is 3.91. The van der Waals surface area contributed by atoms with Crippen LogP contribution in [0.4, 0.5) is 0 Å². The maximum atomic E-state index is 9.29. The highest BCUT2D eigenvalue weighted by atomic mass is 79.9. The van der Waals surface area contributed by atoms with E-state index >= 15 is 0 Å². The number of rotatable bonds is 6. The van der Waals surface area contributed by atoms with Gasteiger partial charge >= 0.3 is 0 Å². The molecule has 1 atom stereocenters. The van der Waals surface area contributed by atoms with Crippen molar-refractivity contribution < 1.29 is 9.52 Å². The van der Waals surface area contributed by atoms with Gasteiger partial charge in [0.1, 0.15) is 11.5 Å². The minimum absolute atomic E-state index is 0.257. The summed E-state index contributed by atoms with van der Waals surface area (Å²) in [6.07, 6.45) is 0.518. The summed E-state index contributed by atoms with van der Waals surface area (Å²) in [6, 6.07) is 12.1. The van der Waals surface area contributed by atoms with Crippen LogP contribution in [0.3, 0.4) is 0 Å². The lowest BCUT2D eigenvalue weighted by atomic mass is 10.2. The fourth-order valence-electron chi connectivity index (χ4n) is 1.98. The standard InChI is InChI=1S/C16H20BrNO2/c1-12(19)9-10-18(2)11-15-7-8-16(20-15)13-3-5-14(17)6-4-13/h3-8,12,19H,9-11H2,1-2H3. The normalized spacial score (nSPS) is 12.8. The van der Waals surface area contributed by atoms with Crippen LogP contribution in [0.25, 0.3) is 11.3 Å². The minimum Gasteiger partial charge on any atom is -0.460 e. The molecule has 1 heterocycles. The summed E-state index contributed by atoms with van der Waals surface area (Å²) in [5, 5.41) is 9.29. The summed E-state index contributed by atoms with van der Waals surface area (Å²) in [6.45, 7) is 3.42. The van der Waals surface area contributed by atoms with E-state index in [1.807, 2.05) is 50.4 Å². The molecule has 0 amide bonds. The van der Waals surface area contributed by atoms with Gasteiger partial charge in [-0.15, -0.1) is 0 Å². The summed E-state index contributed by atoms with van der Waals surface area (Å²) >= 11 is 3.43. The molecule has 1 aromatic carbocycles. The Morgan fingerprint density at radius 3 is 2.55 bits per heavy atom. The Hall–Kier alpha value is -1.10. The van der Waals surface area contributed by atoms with Crippen LogP contribution in [0.15, 0.2) is 45.3 Å². The van der Waals surface area contributed by atoms with Crippen LogP contribution in [0.5, 0.6) is 0 Å². The van der Waals surface area contributed by atoms with Crippen molar-refractivity contribution in [3.05, 3.63) is 46.6 Å². The molecular formula is C16H20BrNO2. The first kappa shape index (κ1) is 15.3. The van der Waals surface area contributed by atoms with E-state index in [1.165, 1.54) is 0 Å². The van der Waals surface area contributed by atoms with Gasteiger partial charge < -0.3 is 9.52 Å². The van der Waals surface area contributed by atoms with Crippen LogP contribution in [0.2, 0.25) is 0 Å². The maximum Gasteiger partial charge on any atom is 0.134 e. The second-order valence-electron chi connectivity index (χ2n) is 5.15. The van der Waals surface area contributed by atoms with Gasteiger partial charge in [-0.05, 0) is 44.7 Å². The Labute approximate surface area is 128 Å². The number of nitrogens with zero attached hydrogens (tertiary/aromatic N) is 1. The molecule has 0 aliphatic carbocycles. The SMILES string of the molecule is CC(O)CCN(C)Cc1ccc(-c2ccc(Br)cc2)o1. The molecule has 20 heavy (non-hydrogen) atoms. The van der Waals surface area contributed by atoms with Crippen LogP contribution >= 0.6 is 15.9 Å². The van der Waals surface area contributed by atoms with Crippen LogP contribution in [-0.2, 0) is 6.54 Å². The summed E-state index contributed by atoms with van der Waals surface area (Å²) < 4.78 is 6.93. The Kier molecular flexibility index (Phi) is 5.40. The van der Waals surface area contributed by atoms with E-state index in [4.69, 9.17) is 4.42 Å². The van der Waals surface area contributed by atoms with Gasteiger partial charge in [0.05, 0.1) is 12.6 Å². The van der Waals surface area contributed by atoms with Gasteiger partial charge in [-0.25, -0.2) is 0 Å². The summed E-state index contributed by atoms with van der Waals surface area (Å²) in [5.41, 5.74) is 1.08. The van der Waals surface area contributed by atoms with E-state index < -0.39 is 0 Å². The predicted molar refractivity (Wildman–Crippen MR) is 84.5 cm³/mol. The second kappa shape index (κ2) is 7.07. The monoisotopic (exact) mass is 337 g/mol. The third kappa shape index (κ3) is 4.47. The van der Waals surface area contributed by atoms with E-state index in [-0.39, 0.29) is 6.10 Å². The molecule has 0 aliphatic heterocycles. The van der Waals surface area contributed by atoms with Gasteiger partial charge in [0.2, 0.25) is 0 Å². The van der Waals surface area contributed by atoms with Gasteiger partial charge in [-0.3, -0.25) is 4.90 Å². The zero-order chi connectivity index (χ0) is 14.5. The number of furan rings is 1. The number of benzene rings is 1. The van der Waals surface area contributed by atoms with Gasteiger partial charge in [0.25, 0.3) is 0 Å². The van der Waals surface area contributed by atoms with E-state index in [0.29, 0.717) is 0 Å². The van der Waals surface area contributed by atoms with E-state index in [9.17, 15) is 5.11 Å². The fourth-order valence-corrected chi connectivity index (χ4v) is 2.25. The highest BCUT2D eigenvalue weighted by molar-refractivity contribution is 9.10. The van der Waals surface area contributed by atoms with Crippen molar-refractivity contribution in [1.29, 1.82) is 0 Å². The van der Waals surface area contributed by atoms with Crippen molar-refractivity contribution in [2.24, 2.45) is 0 Å². The number of halogens is 1. The molecule has 108 valence electrons. The molecule has 0 fully saturated rings. The van der Waals surface area contributed by atoms with Crippen LogP contribution < -0.4 is 0 Å². The van der Waals surface area contributed by atoms with Crippen molar-refractivity contribution >= 4 is 15.9 Å². The smallest absolute Gasteiger partial charge is 0.134 e. The van der Waals surface area contributed by atoms with Crippen LogP contribution in [0, 0.1) is 0 Å². The average Bonchev–Trinajstić information content (AvgIpc) is 2.85. The molecule has 0 saturated carbocycles. The molecule has 1 N–H and O–H groups in total. The van der Waals surface area contributed by atoms with Crippen LogP contribution in [-0.4, -0.2) is 29.7 Å². The lowest BCUT2D eigenvalue weighted by Gasteiger charge is -2.15. The van der Waals surface area contributed by atoms with E-state index in [0.717, 1.165) is 41.1 Å². The van der Waals surface area contributed by atoms with Gasteiger partial charge in [-0.1, -0.05) is 28.1 Å². The highest BCUT2D eigenvalue weighted by Crippen LogP contribution is 2.24. The van der Waals surface area contributed by atoms with E-state index in [1.54, 1.807) is 0 Å². The Balaban J connectivity index is 1.96. The Morgan fingerprint density at radius 1 is 1.20 bits per heavy atom. The first-order valence-corrected chi connectivity index (χ1v) is 7.55. The zero-order valence-electron chi connectivity index (χ0n) is 11.8. The Morgan fingerprint density at radius 2 is 1.90 bits per heavy atom. The highest BCUT2D eigenvalue weighted by Gasteiger charge is 2.08. The largest absolute Gasteiger partial charge is 0.460 e. The van der Waals surface area contributed by atoms with Gasteiger partial charge in [0, 0.05) is 16.6 Å². The zero-order valence-corrected chi connectivity index (χ0v) is 13.4. The maximum absolute atomic E-state index is 9.29. The topological polar surface area (TPSA) is 36.6 Å². The summed E-state index contributed by atoms with van der Waals surface area (Å²) in [7, 11) is 2.03. The first-order chi connectivity index (χ1) is 9.54. The lowest BCUT2D eigenvalue weighted by molar-refractivity contribution is 0.160. The molecule has 0 bridgehead atoms. The third-order valence-electron chi connectivity index (χ3n) is 3.14. The molecular weight excluding hydrogens is 318 g/mol.